The van der Waals surface area contributed by atoms with Crippen molar-refractivity contribution < 1.29 is 9.90 Å². The van der Waals surface area contributed by atoms with Gasteiger partial charge < -0.3 is 9.67 Å². The van der Waals surface area contributed by atoms with Gasteiger partial charge in [-0.25, -0.2) is 0 Å². The zero-order valence-electron chi connectivity index (χ0n) is 9.15. The zero-order chi connectivity index (χ0) is 11.8. The Hall–Kier alpha value is -1.94. The summed E-state index contributed by atoms with van der Waals surface area (Å²) in [5.74, 6) is -0.368. The van der Waals surface area contributed by atoms with Crippen LogP contribution in [0.25, 0.3) is 0 Å². The van der Waals surface area contributed by atoms with Gasteiger partial charge in [0.15, 0.2) is 5.78 Å². The number of ketones is 1. The van der Waals surface area contributed by atoms with Gasteiger partial charge in [-0.2, -0.15) is 0 Å². The van der Waals surface area contributed by atoms with Gasteiger partial charge in [-0.05, 0) is 29.8 Å². The average Bonchev–Trinajstić information content (AvgIpc) is 2.93. The molecule has 0 radical (unpaired) electrons. The number of pyridine rings is 1. The molecule has 0 spiro atoms. The van der Waals surface area contributed by atoms with E-state index < -0.39 is 6.10 Å². The normalized spacial score (nSPS) is 20.3. The summed E-state index contributed by atoms with van der Waals surface area (Å²) in [7, 11) is 0. The lowest BCUT2D eigenvalue weighted by Gasteiger charge is -2.16. The van der Waals surface area contributed by atoms with E-state index in [4.69, 9.17) is 0 Å². The van der Waals surface area contributed by atoms with Crippen LogP contribution in [0.15, 0.2) is 42.9 Å². The molecule has 1 aliphatic rings. The molecule has 4 heteroatoms. The number of carbonyl (C=O) groups excluding carboxylic acids is 1. The van der Waals surface area contributed by atoms with Crippen LogP contribution < -0.4 is 0 Å². The van der Waals surface area contributed by atoms with Crippen LogP contribution in [-0.4, -0.2) is 20.4 Å². The van der Waals surface area contributed by atoms with E-state index in [1.54, 1.807) is 30.6 Å². The average molecular weight is 228 g/mol. The SMILES string of the molecule is O=C1c2cccn2C[C@@H]1[C@@H](O)c1ccncc1. The molecule has 1 N–H and O–H groups in total. The molecule has 86 valence electrons. The molecular formula is C13H12N2O2. The lowest BCUT2D eigenvalue weighted by Crippen LogP contribution is -2.19. The third-order valence-electron chi connectivity index (χ3n) is 3.24. The Morgan fingerprint density at radius 2 is 2.12 bits per heavy atom. The fourth-order valence-electron chi connectivity index (χ4n) is 2.32. The molecule has 0 aromatic carbocycles. The summed E-state index contributed by atoms with van der Waals surface area (Å²) in [6, 6.07) is 7.13. The van der Waals surface area contributed by atoms with Crippen molar-refractivity contribution in [2.75, 3.05) is 0 Å². The molecule has 0 bridgehead atoms. The molecule has 1 aliphatic heterocycles. The molecule has 17 heavy (non-hydrogen) atoms. The Labute approximate surface area is 98.5 Å². The standard InChI is InChI=1S/C13H12N2O2/c16-12(9-3-5-14-6-4-9)10-8-15-7-1-2-11(15)13(10)17/h1-7,10,12,16H,8H2/t10-,12+/m1/s1. The second-order valence-corrected chi connectivity index (χ2v) is 4.24. The van der Waals surface area contributed by atoms with E-state index in [2.05, 4.69) is 4.98 Å². The zero-order valence-corrected chi connectivity index (χ0v) is 9.15. The number of hydrogen-bond acceptors (Lipinski definition) is 3. The first-order valence-electron chi connectivity index (χ1n) is 5.55. The largest absolute Gasteiger partial charge is 0.388 e. The summed E-state index contributed by atoms with van der Waals surface area (Å²) in [4.78, 5) is 16.0. The van der Waals surface area contributed by atoms with Crippen molar-refractivity contribution in [3.8, 4) is 0 Å². The van der Waals surface area contributed by atoms with E-state index in [1.165, 1.54) is 0 Å². The smallest absolute Gasteiger partial charge is 0.187 e. The second kappa shape index (κ2) is 3.82. The minimum absolute atomic E-state index is 0.0133. The van der Waals surface area contributed by atoms with Crippen LogP contribution in [0.2, 0.25) is 0 Å². The maximum Gasteiger partial charge on any atom is 0.187 e. The molecule has 0 unspecified atom stereocenters. The lowest BCUT2D eigenvalue weighted by atomic mass is 9.93. The Morgan fingerprint density at radius 1 is 1.35 bits per heavy atom. The Morgan fingerprint density at radius 3 is 2.82 bits per heavy atom. The highest BCUT2D eigenvalue weighted by Gasteiger charge is 2.35. The fraction of sp³-hybridized carbons (Fsp3) is 0.231. The van der Waals surface area contributed by atoms with Crippen molar-refractivity contribution in [3.05, 3.63) is 54.1 Å². The third-order valence-corrected chi connectivity index (χ3v) is 3.24. The minimum atomic E-state index is -0.759. The van der Waals surface area contributed by atoms with Crippen molar-refractivity contribution in [2.24, 2.45) is 5.92 Å². The van der Waals surface area contributed by atoms with E-state index in [0.29, 0.717) is 12.2 Å². The van der Waals surface area contributed by atoms with Crippen LogP contribution in [-0.2, 0) is 6.54 Å². The van der Waals surface area contributed by atoms with Gasteiger partial charge >= 0.3 is 0 Å². The first kappa shape index (κ1) is 10.2. The van der Waals surface area contributed by atoms with Crippen LogP contribution in [0.3, 0.4) is 0 Å². The van der Waals surface area contributed by atoms with Crippen LogP contribution in [0, 0.1) is 5.92 Å². The van der Waals surface area contributed by atoms with Gasteiger partial charge in [0.1, 0.15) is 0 Å². The third kappa shape index (κ3) is 1.57. The van der Waals surface area contributed by atoms with Gasteiger partial charge in [0.2, 0.25) is 0 Å². The monoisotopic (exact) mass is 228 g/mol. The number of rotatable bonds is 2. The maximum absolute atomic E-state index is 12.1. The van der Waals surface area contributed by atoms with Crippen molar-refractivity contribution in [1.29, 1.82) is 0 Å². The summed E-state index contributed by atoms with van der Waals surface area (Å²) in [5.41, 5.74) is 1.42. The summed E-state index contributed by atoms with van der Waals surface area (Å²) >= 11 is 0. The predicted octanol–water partition coefficient (Wildman–Crippen LogP) is 1.43. The first-order chi connectivity index (χ1) is 8.27. The molecule has 3 heterocycles. The molecule has 0 saturated carbocycles. The molecule has 0 amide bonds. The molecule has 0 aliphatic carbocycles. The lowest BCUT2D eigenvalue weighted by molar-refractivity contribution is 0.0697. The molecule has 2 aromatic rings. The minimum Gasteiger partial charge on any atom is -0.388 e. The van der Waals surface area contributed by atoms with E-state index in [1.807, 2.05) is 16.8 Å². The van der Waals surface area contributed by atoms with Crippen LogP contribution in [0.5, 0.6) is 0 Å². The highest BCUT2D eigenvalue weighted by atomic mass is 16.3. The number of fused-ring (bicyclic) bond motifs is 1. The molecule has 0 fully saturated rings. The number of aromatic nitrogens is 2. The number of aliphatic hydroxyl groups excluding tert-OH is 1. The van der Waals surface area contributed by atoms with Gasteiger partial charge in [0.05, 0.1) is 17.7 Å². The Kier molecular flexibility index (Phi) is 2.30. The van der Waals surface area contributed by atoms with Gasteiger partial charge in [0, 0.05) is 25.1 Å². The molecule has 0 saturated heterocycles. The number of Topliss-reactive ketones (excluding diaryl/α,β-unsaturated/α-hetero) is 1. The molecule has 2 aromatic heterocycles. The summed E-state index contributed by atoms with van der Waals surface area (Å²) in [6.45, 7) is 0.546. The first-order valence-corrected chi connectivity index (χ1v) is 5.55. The topological polar surface area (TPSA) is 55.1 Å². The Bertz CT molecular complexity index is 548. The van der Waals surface area contributed by atoms with E-state index in [9.17, 15) is 9.90 Å². The quantitative estimate of drug-likeness (QED) is 0.846. The van der Waals surface area contributed by atoms with Gasteiger partial charge in [-0.15, -0.1) is 0 Å². The summed E-state index contributed by atoms with van der Waals surface area (Å²) in [6.07, 6.45) is 4.36. The van der Waals surface area contributed by atoms with Crippen molar-refractivity contribution in [3.63, 3.8) is 0 Å². The number of carbonyl (C=O) groups is 1. The number of hydrogen-bond donors (Lipinski definition) is 1. The van der Waals surface area contributed by atoms with Crippen LogP contribution in [0.4, 0.5) is 0 Å². The van der Waals surface area contributed by atoms with E-state index in [-0.39, 0.29) is 11.7 Å². The number of aliphatic hydroxyl groups is 1. The summed E-state index contributed by atoms with van der Waals surface area (Å²) < 4.78 is 1.89. The highest BCUT2D eigenvalue weighted by molar-refractivity contribution is 5.98. The molecular weight excluding hydrogens is 216 g/mol. The van der Waals surface area contributed by atoms with Crippen molar-refractivity contribution >= 4 is 5.78 Å². The molecule has 4 nitrogen and oxygen atoms in total. The fourth-order valence-corrected chi connectivity index (χ4v) is 2.32. The number of nitrogens with zero attached hydrogens (tertiary/aromatic N) is 2. The van der Waals surface area contributed by atoms with Gasteiger partial charge in [-0.3, -0.25) is 9.78 Å². The van der Waals surface area contributed by atoms with Crippen LogP contribution >= 0.6 is 0 Å². The van der Waals surface area contributed by atoms with Crippen LogP contribution in [0.1, 0.15) is 22.2 Å². The maximum atomic E-state index is 12.1. The Balaban J connectivity index is 1.88. The highest BCUT2D eigenvalue weighted by Crippen LogP contribution is 2.31. The van der Waals surface area contributed by atoms with E-state index in [0.717, 1.165) is 5.56 Å². The van der Waals surface area contributed by atoms with Gasteiger partial charge in [0.25, 0.3) is 0 Å². The second-order valence-electron chi connectivity index (χ2n) is 4.24. The molecule has 3 rings (SSSR count). The van der Waals surface area contributed by atoms with E-state index >= 15 is 0 Å². The summed E-state index contributed by atoms with van der Waals surface area (Å²) in [5, 5.41) is 10.2. The predicted molar refractivity (Wildman–Crippen MR) is 61.4 cm³/mol. The van der Waals surface area contributed by atoms with Crippen molar-refractivity contribution in [1.82, 2.24) is 9.55 Å². The molecule has 2 atom stereocenters. The van der Waals surface area contributed by atoms with Crippen molar-refractivity contribution in [2.45, 2.75) is 12.6 Å². The van der Waals surface area contributed by atoms with Gasteiger partial charge in [-0.1, -0.05) is 0 Å².